The predicted molar refractivity (Wildman–Crippen MR) is 129 cm³/mol. The van der Waals surface area contributed by atoms with Crippen molar-refractivity contribution in [3.05, 3.63) is 106 Å². The summed E-state index contributed by atoms with van der Waals surface area (Å²) in [5.74, 6) is 0.603. The summed E-state index contributed by atoms with van der Waals surface area (Å²) in [5.41, 5.74) is 8.30. The Morgan fingerprint density at radius 3 is 2.36 bits per heavy atom. The maximum atomic E-state index is 11.6. The molecule has 0 radical (unpaired) electrons. The van der Waals surface area contributed by atoms with Crippen LogP contribution in [0.3, 0.4) is 0 Å². The summed E-state index contributed by atoms with van der Waals surface area (Å²) < 4.78 is 6.12. The molecule has 0 fully saturated rings. The van der Waals surface area contributed by atoms with E-state index in [-0.39, 0.29) is 16.0 Å². The van der Waals surface area contributed by atoms with Gasteiger partial charge in [-0.3, -0.25) is 10.1 Å². The molecule has 0 N–H and O–H groups in total. The van der Waals surface area contributed by atoms with E-state index in [1.54, 1.807) is 18.2 Å². The molecular formula is C28H20N2O3. The number of nitrogens with zero attached hydrogens (tertiary/aromatic N) is 2. The van der Waals surface area contributed by atoms with Crippen LogP contribution in [0, 0.1) is 10.1 Å². The third-order valence-corrected chi connectivity index (χ3v) is 6.60. The molecule has 0 aliphatic heterocycles. The highest BCUT2D eigenvalue weighted by Gasteiger charge is 2.38. The molecule has 0 spiro atoms. The lowest BCUT2D eigenvalue weighted by Gasteiger charge is -2.21. The number of nitro groups is 1. The number of para-hydroxylation sites is 1. The molecule has 0 amide bonds. The predicted octanol–water partition coefficient (Wildman–Crippen LogP) is 7.38. The number of nitro benzene ring substituents is 1. The molecule has 0 saturated carbocycles. The van der Waals surface area contributed by atoms with Crippen molar-refractivity contribution in [3.8, 4) is 33.7 Å². The molecular weight excluding hydrogens is 412 g/mol. The first-order valence-corrected chi connectivity index (χ1v) is 10.8. The quantitative estimate of drug-likeness (QED) is 0.220. The topological polar surface area (TPSA) is 69.2 Å². The van der Waals surface area contributed by atoms with E-state index in [4.69, 9.17) is 9.40 Å². The van der Waals surface area contributed by atoms with Crippen molar-refractivity contribution in [2.75, 3.05) is 0 Å². The van der Waals surface area contributed by atoms with Gasteiger partial charge in [0.15, 0.2) is 5.58 Å². The fourth-order valence-electron chi connectivity index (χ4n) is 5.05. The number of rotatable bonds is 3. The van der Waals surface area contributed by atoms with Gasteiger partial charge in [0.1, 0.15) is 5.52 Å². The van der Waals surface area contributed by atoms with Crippen LogP contribution in [0.15, 0.2) is 89.3 Å². The molecule has 5 heteroatoms. The Bertz CT molecular complexity index is 1570. The lowest BCUT2D eigenvalue weighted by Crippen LogP contribution is -2.15. The number of benzene rings is 4. The molecule has 6 rings (SSSR count). The number of fused-ring (bicyclic) bond motifs is 5. The zero-order chi connectivity index (χ0) is 22.7. The second-order valence-corrected chi connectivity index (χ2v) is 8.88. The van der Waals surface area contributed by atoms with Gasteiger partial charge in [-0.1, -0.05) is 62.4 Å². The van der Waals surface area contributed by atoms with Gasteiger partial charge in [0, 0.05) is 17.0 Å². The highest BCUT2D eigenvalue weighted by atomic mass is 16.6. The minimum absolute atomic E-state index is 0.106. The van der Waals surface area contributed by atoms with Crippen LogP contribution >= 0.6 is 0 Å². The molecule has 1 heterocycles. The van der Waals surface area contributed by atoms with E-state index in [9.17, 15) is 10.1 Å². The fraction of sp³-hybridized carbons (Fsp3) is 0.107. The second-order valence-electron chi connectivity index (χ2n) is 8.88. The van der Waals surface area contributed by atoms with E-state index in [1.807, 2.05) is 48.5 Å². The summed E-state index contributed by atoms with van der Waals surface area (Å²) in [4.78, 5) is 16.1. The standard InChI is InChI=1S/C28H20N2O3/c1-28(2)22-14-12-18(19-10-6-7-11-23(19)30(31)32)16-21(22)20-13-15-24-26(25(20)28)29-27(33-24)17-8-4-3-5-9-17/h3-16H,1-2H3. The van der Waals surface area contributed by atoms with Crippen molar-refractivity contribution in [2.24, 2.45) is 0 Å². The zero-order valence-electron chi connectivity index (χ0n) is 18.2. The Kier molecular flexibility index (Phi) is 4.05. The van der Waals surface area contributed by atoms with Gasteiger partial charge in [0.25, 0.3) is 5.69 Å². The SMILES string of the molecule is CC1(C)c2ccc(-c3ccccc3[N+](=O)[O-])cc2-c2ccc3oc(-c4ccccc4)nc3c21. The molecule has 1 aliphatic rings. The fourth-order valence-corrected chi connectivity index (χ4v) is 5.05. The zero-order valence-corrected chi connectivity index (χ0v) is 18.2. The highest BCUT2D eigenvalue weighted by molar-refractivity contribution is 5.95. The Hall–Kier alpha value is -4.25. The summed E-state index contributed by atoms with van der Waals surface area (Å²) in [6.07, 6.45) is 0. The van der Waals surface area contributed by atoms with Gasteiger partial charge in [-0.25, -0.2) is 4.98 Å². The molecule has 5 aromatic rings. The Labute approximate surface area is 190 Å². The lowest BCUT2D eigenvalue weighted by atomic mass is 9.81. The Morgan fingerprint density at radius 2 is 1.58 bits per heavy atom. The van der Waals surface area contributed by atoms with Gasteiger partial charge in [-0.05, 0) is 58.1 Å². The maximum absolute atomic E-state index is 11.6. The third-order valence-electron chi connectivity index (χ3n) is 6.60. The third kappa shape index (κ3) is 2.82. The minimum Gasteiger partial charge on any atom is -0.436 e. The van der Waals surface area contributed by atoms with Gasteiger partial charge < -0.3 is 4.42 Å². The molecule has 1 aliphatic carbocycles. The van der Waals surface area contributed by atoms with Crippen LogP contribution in [0.25, 0.3) is 44.8 Å². The number of hydrogen-bond donors (Lipinski definition) is 0. The van der Waals surface area contributed by atoms with E-state index in [2.05, 4.69) is 32.0 Å². The highest BCUT2D eigenvalue weighted by Crippen LogP contribution is 2.52. The molecule has 0 saturated heterocycles. The largest absolute Gasteiger partial charge is 0.436 e. The lowest BCUT2D eigenvalue weighted by molar-refractivity contribution is -0.384. The minimum atomic E-state index is -0.329. The van der Waals surface area contributed by atoms with Crippen molar-refractivity contribution < 1.29 is 9.34 Å². The smallest absolute Gasteiger partial charge is 0.277 e. The first-order valence-electron chi connectivity index (χ1n) is 10.8. The van der Waals surface area contributed by atoms with E-state index >= 15 is 0 Å². The molecule has 0 atom stereocenters. The molecule has 160 valence electrons. The number of hydrogen-bond acceptors (Lipinski definition) is 4. The summed E-state index contributed by atoms with van der Waals surface area (Å²) in [6, 6.07) is 26.9. The molecule has 0 unspecified atom stereocenters. The summed E-state index contributed by atoms with van der Waals surface area (Å²) in [5, 5.41) is 11.6. The van der Waals surface area contributed by atoms with Gasteiger partial charge in [0.05, 0.1) is 10.5 Å². The number of aromatic nitrogens is 1. The molecule has 0 bridgehead atoms. The van der Waals surface area contributed by atoms with Crippen LogP contribution in [0.1, 0.15) is 25.0 Å². The summed E-state index contributed by atoms with van der Waals surface area (Å²) >= 11 is 0. The normalized spacial score (nSPS) is 13.6. The van der Waals surface area contributed by atoms with E-state index in [0.29, 0.717) is 11.5 Å². The average molecular weight is 432 g/mol. The molecule has 33 heavy (non-hydrogen) atoms. The van der Waals surface area contributed by atoms with Crippen LogP contribution in [0.2, 0.25) is 0 Å². The first kappa shape index (κ1) is 19.4. The second kappa shape index (κ2) is 6.87. The first-order chi connectivity index (χ1) is 15.9. The number of oxazole rings is 1. The van der Waals surface area contributed by atoms with E-state index < -0.39 is 0 Å². The van der Waals surface area contributed by atoms with Crippen LogP contribution < -0.4 is 0 Å². The van der Waals surface area contributed by atoms with Gasteiger partial charge >= 0.3 is 0 Å². The summed E-state index contributed by atoms with van der Waals surface area (Å²) in [6.45, 7) is 4.39. The van der Waals surface area contributed by atoms with Crippen LogP contribution in [0.4, 0.5) is 5.69 Å². The van der Waals surface area contributed by atoms with Crippen LogP contribution in [-0.4, -0.2) is 9.91 Å². The van der Waals surface area contributed by atoms with Crippen molar-refractivity contribution >= 4 is 16.8 Å². The van der Waals surface area contributed by atoms with E-state index in [0.717, 1.165) is 38.9 Å². The van der Waals surface area contributed by atoms with Crippen LogP contribution in [0.5, 0.6) is 0 Å². The van der Waals surface area contributed by atoms with Gasteiger partial charge in [-0.15, -0.1) is 0 Å². The van der Waals surface area contributed by atoms with E-state index in [1.165, 1.54) is 5.56 Å². The van der Waals surface area contributed by atoms with Gasteiger partial charge in [-0.2, -0.15) is 0 Å². The molecule has 4 aromatic carbocycles. The maximum Gasteiger partial charge on any atom is 0.277 e. The van der Waals surface area contributed by atoms with Crippen molar-refractivity contribution in [3.63, 3.8) is 0 Å². The van der Waals surface area contributed by atoms with Crippen molar-refractivity contribution in [2.45, 2.75) is 19.3 Å². The van der Waals surface area contributed by atoms with Crippen LogP contribution in [-0.2, 0) is 5.41 Å². The van der Waals surface area contributed by atoms with Crippen molar-refractivity contribution in [1.82, 2.24) is 4.98 Å². The van der Waals surface area contributed by atoms with Gasteiger partial charge in [0.2, 0.25) is 5.89 Å². The van der Waals surface area contributed by atoms with Crippen molar-refractivity contribution in [1.29, 1.82) is 0 Å². The molecule has 5 nitrogen and oxygen atoms in total. The monoisotopic (exact) mass is 432 g/mol. The Balaban J connectivity index is 1.56. The Morgan fingerprint density at radius 1 is 0.818 bits per heavy atom. The average Bonchev–Trinajstić information content (AvgIpc) is 3.36. The summed E-state index contributed by atoms with van der Waals surface area (Å²) in [7, 11) is 0. The molecule has 1 aromatic heterocycles.